The quantitative estimate of drug-likeness (QED) is 0.609. The maximum atomic E-state index is 4.16. The van der Waals surface area contributed by atoms with Crippen LogP contribution in [0.2, 0.25) is 0 Å². The van der Waals surface area contributed by atoms with Gasteiger partial charge in [0.2, 0.25) is 0 Å². The largest absolute Gasteiger partial charge is 0.306 e. The van der Waals surface area contributed by atoms with E-state index >= 15 is 0 Å². The lowest BCUT2D eigenvalue weighted by Crippen LogP contribution is -2.05. The second-order valence-corrected chi connectivity index (χ2v) is 3.49. The molecule has 0 amide bonds. The Labute approximate surface area is 95.6 Å². The van der Waals surface area contributed by atoms with E-state index in [1.807, 2.05) is 54.7 Å². The molecule has 2 nitrogen and oxygen atoms in total. The molecule has 2 aromatic rings. The number of benzene rings is 2. The van der Waals surface area contributed by atoms with Crippen LogP contribution in [0.25, 0.3) is 0 Å². The molecule has 0 heterocycles. The van der Waals surface area contributed by atoms with Gasteiger partial charge in [0.15, 0.2) is 0 Å². The van der Waals surface area contributed by atoms with E-state index in [1.54, 1.807) is 0 Å². The van der Waals surface area contributed by atoms with Crippen LogP contribution < -0.4 is 5.43 Å². The van der Waals surface area contributed by atoms with Crippen LogP contribution in [0.3, 0.4) is 0 Å². The molecule has 2 aromatic carbocycles. The molecule has 1 N–H and O–H groups in total. The van der Waals surface area contributed by atoms with Crippen LogP contribution in [-0.2, 0) is 6.54 Å². The standard InChI is InChI=1S/C14H14N2/c1-3-7-13(8-4-1)11-15-16-12-14-9-5-2-6-10-14/h1-11,16H,12H2. The lowest BCUT2D eigenvalue weighted by molar-refractivity contribution is 0.748. The van der Waals surface area contributed by atoms with Crippen molar-refractivity contribution in [2.24, 2.45) is 5.10 Å². The van der Waals surface area contributed by atoms with Crippen LogP contribution in [0.15, 0.2) is 65.8 Å². The molecule has 2 rings (SSSR count). The highest BCUT2D eigenvalue weighted by molar-refractivity contribution is 5.79. The molecule has 0 aromatic heterocycles. The van der Waals surface area contributed by atoms with Gasteiger partial charge in [-0.05, 0) is 11.1 Å². The third kappa shape index (κ3) is 3.24. The highest BCUT2D eigenvalue weighted by Gasteiger charge is 1.87. The number of hydrazone groups is 1. The second-order valence-electron chi connectivity index (χ2n) is 3.49. The molecule has 0 aliphatic carbocycles. The van der Waals surface area contributed by atoms with Crippen molar-refractivity contribution < 1.29 is 0 Å². The Hall–Kier alpha value is -2.09. The molecule has 0 saturated heterocycles. The van der Waals surface area contributed by atoms with E-state index in [0.29, 0.717) is 0 Å². The summed E-state index contributed by atoms with van der Waals surface area (Å²) in [7, 11) is 0. The van der Waals surface area contributed by atoms with Crippen molar-refractivity contribution in [3.63, 3.8) is 0 Å². The van der Waals surface area contributed by atoms with Crippen molar-refractivity contribution in [2.75, 3.05) is 0 Å². The average Bonchev–Trinajstić information content (AvgIpc) is 2.37. The van der Waals surface area contributed by atoms with E-state index in [0.717, 1.165) is 12.1 Å². The number of rotatable bonds is 4. The van der Waals surface area contributed by atoms with Crippen LogP contribution >= 0.6 is 0 Å². The molecular weight excluding hydrogens is 196 g/mol. The summed E-state index contributed by atoms with van der Waals surface area (Å²) in [6.45, 7) is 0.754. The molecule has 0 spiro atoms. The molecule has 2 heteroatoms. The minimum Gasteiger partial charge on any atom is -0.306 e. The molecule has 16 heavy (non-hydrogen) atoms. The zero-order valence-electron chi connectivity index (χ0n) is 9.01. The molecule has 0 aliphatic rings. The topological polar surface area (TPSA) is 24.4 Å². The SMILES string of the molecule is C(=NNCc1ccccc1)c1ccccc1. The highest BCUT2D eigenvalue weighted by atomic mass is 15.3. The Morgan fingerprint density at radius 3 is 2.19 bits per heavy atom. The Morgan fingerprint density at radius 2 is 1.50 bits per heavy atom. The zero-order chi connectivity index (χ0) is 11.1. The third-order valence-electron chi connectivity index (χ3n) is 2.23. The van der Waals surface area contributed by atoms with Crippen molar-refractivity contribution >= 4 is 6.21 Å². The van der Waals surface area contributed by atoms with Crippen molar-refractivity contribution in [3.05, 3.63) is 71.8 Å². The lowest BCUT2D eigenvalue weighted by atomic mass is 10.2. The minimum atomic E-state index is 0.754. The average molecular weight is 210 g/mol. The number of nitrogens with one attached hydrogen (secondary N) is 1. The van der Waals surface area contributed by atoms with Gasteiger partial charge < -0.3 is 5.43 Å². The predicted octanol–water partition coefficient (Wildman–Crippen LogP) is 2.81. The predicted molar refractivity (Wildman–Crippen MR) is 67.3 cm³/mol. The third-order valence-corrected chi connectivity index (χ3v) is 2.23. The first-order valence-electron chi connectivity index (χ1n) is 5.30. The van der Waals surface area contributed by atoms with E-state index in [4.69, 9.17) is 0 Å². The van der Waals surface area contributed by atoms with E-state index < -0.39 is 0 Å². The van der Waals surface area contributed by atoms with E-state index in [1.165, 1.54) is 5.56 Å². The molecule has 0 aliphatic heterocycles. The summed E-state index contributed by atoms with van der Waals surface area (Å²) in [4.78, 5) is 0. The van der Waals surface area contributed by atoms with Gasteiger partial charge in [-0.25, -0.2) is 0 Å². The fourth-order valence-corrected chi connectivity index (χ4v) is 1.39. The lowest BCUT2D eigenvalue weighted by Gasteiger charge is -1.99. The van der Waals surface area contributed by atoms with Gasteiger partial charge in [-0.3, -0.25) is 0 Å². The van der Waals surface area contributed by atoms with Crippen LogP contribution in [0, 0.1) is 0 Å². The van der Waals surface area contributed by atoms with Crippen LogP contribution in [0.5, 0.6) is 0 Å². The molecule has 0 atom stereocenters. The van der Waals surface area contributed by atoms with Crippen LogP contribution in [-0.4, -0.2) is 6.21 Å². The Bertz CT molecular complexity index is 435. The van der Waals surface area contributed by atoms with Crippen LogP contribution in [0.1, 0.15) is 11.1 Å². The summed E-state index contributed by atoms with van der Waals surface area (Å²) in [5, 5.41) is 4.16. The molecule has 0 fully saturated rings. The molecule has 0 unspecified atom stereocenters. The molecule has 0 saturated carbocycles. The van der Waals surface area contributed by atoms with Gasteiger partial charge in [-0.2, -0.15) is 5.10 Å². The summed E-state index contributed by atoms with van der Waals surface area (Å²) < 4.78 is 0. The fraction of sp³-hybridized carbons (Fsp3) is 0.0714. The molecular formula is C14H14N2. The molecule has 0 radical (unpaired) electrons. The van der Waals surface area contributed by atoms with Gasteiger partial charge in [0.1, 0.15) is 0 Å². The van der Waals surface area contributed by atoms with Crippen molar-refractivity contribution in [2.45, 2.75) is 6.54 Å². The van der Waals surface area contributed by atoms with Crippen molar-refractivity contribution in [3.8, 4) is 0 Å². The smallest absolute Gasteiger partial charge is 0.0580 e. The maximum absolute atomic E-state index is 4.16. The van der Waals surface area contributed by atoms with Crippen LogP contribution in [0.4, 0.5) is 0 Å². The summed E-state index contributed by atoms with van der Waals surface area (Å²) in [5.41, 5.74) is 5.35. The Kier molecular flexibility index (Phi) is 3.72. The summed E-state index contributed by atoms with van der Waals surface area (Å²) in [6, 6.07) is 20.2. The van der Waals surface area contributed by atoms with E-state index in [9.17, 15) is 0 Å². The highest BCUT2D eigenvalue weighted by Crippen LogP contribution is 1.97. The Morgan fingerprint density at radius 1 is 0.875 bits per heavy atom. The van der Waals surface area contributed by atoms with Crippen molar-refractivity contribution in [1.82, 2.24) is 5.43 Å². The molecule has 0 bridgehead atoms. The Balaban J connectivity index is 1.83. The summed E-state index contributed by atoms with van der Waals surface area (Å²) in [6.07, 6.45) is 1.82. The first-order valence-corrected chi connectivity index (χ1v) is 5.30. The van der Waals surface area contributed by atoms with E-state index in [2.05, 4.69) is 22.7 Å². The maximum Gasteiger partial charge on any atom is 0.0580 e. The van der Waals surface area contributed by atoms with E-state index in [-0.39, 0.29) is 0 Å². The van der Waals surface area contributed by atoms with Gasteiger partial charge in [0.05, 0.1) is 12.8 Å². The zero-order valence-corrected chi connectivity index (χ0v) is 9.01. The summed E-state index contributed by atoms with van der Waals surface area (Å²) >= 11 is 0. The van der Waals surface area contributed by atoms with Crippen molar-refractivity contribution in [1.29, 1.82) is 0 Å². The number of hydrogen-bond donors (Lipinski definition) is 1. The van der Waals surface area contributed by atoms with Gasteiger partial charge >= 0.3 is 0 Å². The minimum absolute atomic E-state index is 0.754. The van der Waals surface area contributed by atoms with Gasteiger partial charge in [0, 0.05) is 0 Å². The van der Waals surface area contributed by atoms with Gasteiger partial charge in [-0.1, -0.05) is 60.7 Å². The first kappa shape index (κ1) is 10.4. The number of nitrogens with zero attached hydrogens (tertiary/aromatic N) is 1. The fourth-order valence-electron chi connectivity index (χ4n) is 1.39. The summed E-state index contributed by atoms with van der Waals surface area (Å²) in [5.74, 6) is 0. The normalized spacial score (nSPS) is 10.5. The first-order chi connectivity index (χ1) is 7.95. The van der Waals surface area contributed by atoms with Gasteiger partial charge in [-0.15, -0.1) is 0 Å². The number of hydrogen-bond acceptors (Lipinski definition) is 2. The van der Waals surface area contributed by atoms with Gasteiger partial charge in [0.25, 0.3) is 0 Å². The molecule has 80 valence electrons. The second kappa shape index (κ2) is 5.71. The monoisotopic (exact) mass is 210 g/mol.